The van der Waals surface area contributed by atoms with E-state index in [9.17, 15) is 0 Å². The SMILES string of the molecule is CC(C)(C)c1cccc(N(c2ccc3cc4c(cc3c2)-c2cc3ccc(-c5ccccc5)cc3cc2-4)c2ccc3oc4ccccc4c3c2)c1. The summed E-state index contributed by atoms with van der Waals surface area (Å²) in [5, 5.41) is 7.29. The number of hydrogen-bond acceptors (Lipinski definition) is 2. The Kier molecular flexibility index (Phi) is 6.17. The molecule has 238 valence electrons. The summed E-state index contributed by atoms with van der Waals surface area (Å²) in [6, 6.07) is 57.7. The van der Waals surface area contributed by atoms with Crippen molar-refractivity contribution in [3.63, 3.8) is 0 Å². The molecule has 0 saturated heterocycles. The van der Waals surface area contributed by atoms with E-state index >= 15 is 0 Å². The van der Waals surface area contributed by atoms with E-state index < -0.39 is 0 Å². The highest BCUT2D eigenvalue weighted by atomic mass is 16.3. The monoisotopic (exact) mass is 641 g/mol. The molecule has 0 aliphatic heterocycles. The molecule has 10 rings (SSSR count). The Morgan fingerprint density at radius 3 is 1.76 bits per heavy atom. The van der Waals surface area contributed by atoms with Crippen LogP contribution < -0.4 is 4.90 Å². The molecule has 0 amide bonds. The minimum atomic E-state index is 0.0265. The summed E-state index contributed by atoms with van der Waals surface area (Å²) in [5.41, 5.74) is 14.3. The van der Waals surface area contributed by atoms with Crippen LogP contribution in [0.25, 0.3) is 76.9 Å². The van der Waals surface area contributed by atoms with Crippen LogP contribution in [0.4, 0.5) is 17.1 Å². The van der Waals surface area contributed by atoms with Gasteiger partial charge < -0.3 is 9.32 Å². The molecular weight excluding hydrogens is 607 g/mol. The molecule has 0 unspecified atom stereocenters. The third kappa shape index (κ3) is 4.56. The fourth-order valence-electron chi connectivity index (χ4n) is 7.77. The Hall–Kier alpha value is -6.12. The van der Waals surface area contributed by atoms with Crippen molar-refractivity contribution >= 4 is 60.5 Å². The zero-order chi connectivity index (χ0) is 33.6. The summed E-state index contributed by atoms with van der Waals surface area (Å²) >= 11 is 0. The van der Waals surface area contributed by atoms with E-state index in [4.69, 9.17) is 4.42 Å². The molecule has 2 heteroatoms. The highest BCUT2D eigenvalue weighted by Gasteiger charge is 2.25. The van der Waals surface area contributed by atoms with E-state index in [1.807, 2.05) is 12.1 Å². The third-order valence-corrected chi connectivity index (χ3v) is 10.5. The maximum Gasteiger partial charge on any atom is 0.135 e. The smallest absolute Gasteiger partial charge is 0.135 e. The summed E-state index contributed by atoms with van der Waals surface area (Å²) in [6.07, 6.45) is 0. The van der Waals surface area contributed by atoms with Crippen LogP contribution in [0.1, 0.15) is 26.3 Å². The zero-order valence-electron chi connectivity index (χ0n) is 28.4. The van der Waals surface area contributed by atoms with Crippen molar-refractivity contribution in [3.05, 3.63) is 163 Å². The van der Waals surface area contributed by atoms with E-state index in [0.717, 1.165) is 39.0 Å². The molecule has 2 nitrogen and oxygen atoms in total. The summed E-state index contributed by atoms with van der Waals surface area (Å²) in [6.45, 7) is 6.82. The van der Waals surface area contributed by atoms with E-state index in [2.05, 4.69) is 171 Å². The first-order valence-corrected chi connectivity index (χ1v) is 17.4. The molecule has 9 aromatic rings. The maximum atomic E-state index is 6.21. The van der Waals surface area contributed by atoms with Gasteiger partial charge in [0.2, 0.25) is 0 Å². The lowest BCUT2D eigenvalue weighted by molar-refractivity contribution is 0.590. The van der Waals surface area contributed by atoms with Gasteiger partial charge in [0, 0.05) is 27.8 Å². The van der Waals surface area contributed by atoms with E-state index in [1.165, 1.54) is 60.5 Å². The number of rotatable bonds is 4. The van der Waals surface area contributed by atoms with Crippen LogP contribution in [-0.4, -0.2) is 0 Å². The summed E-state index contributed by atoms with van der Waals surface area (Å²) in [7, 11) is 0. The first-order valence-electron chi connectivity index (χ1n) is 17.4. The number of fused-ring (bicyclic) bond motifs is 9. The second-order valence-electron chi connectivity index (χ2n) is 14.7. The second-order valence-corrected chi connectivity index (χ2v) is 14.7. The molecule has 1 aromatic heterocycles. The Morgan fingerprint density at radius 2 is 1.00 bits per heavy atom. The number of para-hydroxylation sites is 1. The van der Waals surface area contributed by atoms with Crippen LogP contribution in [-0.2, 0) is 5.41 Å². The molecule has 50 heavy (non-hydrogen) atoms. The third-order valence-electron chi connectivity index (χ3n) is 10.5. The molecule has 1 aliphatic rings. The van der Waals surface area contributed by atoms with Crippen LogP contribution in [0.3, 0.4) is 0 Å². The molecule has 0 fully saturated rings. The topological polar surface area (TPSA) is 16.4 Å². The Bertz CT molecular complexity index is 2800. The van der Waals surface area contributed by atoms with Gasteiger partial charge in [-0.05, 0) is 145 Å². The van der Waals surface area contributed by atoms with Gasteiger partial charge in [-0.15, -0.1) is 0 Å². The summed E-state index contributed by atoms with van der Waals surface area (Å²) in [5.74, 6) is 0. The normalized spacial score (nSPS) is 12.3. The Morgan fingerprint density at radius 1 is 0.400 bits per heavy atom. The lowest BCUT2D eigenvalue weighted by Gasteiger charge is -2.29. The minimum absolute atomic E-state index is 0.0265. The number of benzene rings is 8. The molecular formula is C48H35NO. The van der Waals surface area contributed by atoms with Crippen LogP contribution >= 0.6 is 0 Å². The lowest BCUT2D eigenvalue weighted by atomic mass is 9.77. The first-order chi connectivity index (χ1) is 24.4. The van der Waals surface area contributed by atoms with Gasteiger partial charge in [0.25, 0.3) is 0 Å². The van der Waals surface area contributed by atoms with Crippen LogP contribution in [0.5, 0.6) is 0 Å². The molecule has 1 aliphatic carbocycles. The van der Waals surface area contributed by atoms with Crippen molar-refractivity contribution < 1.29 is 4.42 Å². The van der Waals surface area contributed by atoms with Crippen molar-refractivity contribution in [3.8, 4) is 33.4 Å². The van der Waals surface area contributed by atoms with Crippen LogP contribution in [0, 0.1) is 0 Å². The quantitative estimate of drug-likeness (QED) is 0.190. The van der Waals surface area contributed by atoms with Gasteiger partial charge in [0.1, 0.15) is 11.2 Å². The van der Waals surface area contributed by atoms with Crippen molar-refractivity contribution in [1.82, 2.24) is 0 Å². The molecule has 0 bridgehead atoms. The molecule has 8 aromatic carbocycles. The highest BCUT2D eigenvalue weighted by Crippen LogP contribution is 2.51. The van der Waals surface area contributed by atoms with Gasteiger partial charge >= 0.3 is 0 Å². The van der Waals surface area contributed by atoms with Gasteiger partial charge in [-0.1, -0.05) is 99.6 Å². The van der Waals surface area contributed by atoms with E-state index in [0.29, 0.717) is 0 Å². The standard InChI is InChI=1S/C48H35NO/c1-48(2,3)36-12-9-13-37(28-36)49(39-20-21-47-45(29-39)40-14-7-8-15-46(40)50-47)38-19-18-33-25-42-43-26-34-22-31(30-10-5-4-6-11-30)16-17-32(34)24-41(43)44(42)27-35(33)23-38/h4-29H,1-3H3. The fraction of sp³-hybridized carbons (Fsp3) is 0.0833. The van der Waals surface area contributed by atoms with Crippen molar-refractivity contribution in [2.45, 2.75) is 26.2 Å². The number of anilines is 3. The predicted molar refractivity (Wildman–Crippen MR) is 212 cm³/mol. The van der Waals surface area contributed by atoms with E-state index in [1.54, 1.807) is 0 Å². The van der Waals surface area contributed by atoms with Gasteiger partial charge in [0.05, 0.1) is 0 Å². The predicted octanol–water partition coefficient (Wildman–Crippen LogP) is 14.0. The fourth-order valence-corrected chi connectivity index (χ4v) is 7.77. The molecule has 1 heterocycles. The molecule has 0 N–H and O–H groups in total. The largest absolute Gasteiger partial charge is 0.456 e. The van der Waals surface area contributed by atoms with Crippen molar-refractivity contribution in [2.75, 3.05) is 4.90 Å². The maximum absolute atomic E-state index is 6.21. The average Bonchev–Trinajstić information content (AvgIpc) is 3.51. The summed E-state index contributed by atoms with van der Waals surface area (Å²) < 4.78 is 6.21. The van der Waals surface area contributed by atoms with Crippen molar-refractivity contribution in [2.24, 2.45) is 0 Å². The lowest BCUT2D eigenvalue weighted by Crippen LogP contribution is -2.14. The second kappa shape index (κ2) is 10.7. The number of nitrogens with zero attached hydrogens (tertiary/aromatic N) is 1. The van der Waals surface area contributed by atoms with Gasteiger partial charge in [-0.3, -0.25) is 0 Å². The van der Waals surface area contributed by atoms with Crippen LogP contribution in [0.15, 0.2) is 162 Å². The molecule has 0 saturated carbocycles. The number of hydrogen-bond donors (Lipinski definition) is 0. The van der Waals surface area contributed by atoms with Gasteiger partial charge in [-0.2, -0.15) is 0 Å². The Balaban J connectivity index is 1.10. The first kappa shape index (κ1) is 28.9. The van der Waals surface area contributed by atoms with E-state index in [-0.39, 0.29) is 5.41 Å². The molecule has 0 spiro atoms. The van der Waals surface area contributed by atoms with Gasteiger partial charge in [-0.25, -0.2) is 0 Å². The molecule has 0 radical (unpaired) electrons. The zero-order valence-corrected chi connectivity index (χ0v) is 28.4. The summed E-state index contributed by atoms with van der Waals surface area (Å²) in [4.78, 5) is 2.39. The van der Waals surface area contributed by atoms with Crippen LogP contribution in [0.2, 0.25) is 0 Å². The van der Waals surface area contributed by atoms with Gasteiger partial charge in [0.15, 0.2) is 0 Å². The molecule has 0 atom stereocenters. The Labute approximate surface area is 291 Å². The van der Waals surface area contributed by atoms with Crippen molar-refractivity contribution in [1.29, 1.82) is 0 Å². The average molecular weight is 642 g/mol. The minimum Gasteiger partial charge on any atom is -0.456 e. The number of furan rings is 1. The highest BCUT2D eigenvalue weighted by molar-refractivity contribution is 6.13.